The van der Waals surface area contributed by atoms with E-state index in [9.17, 15) is 14.7 Å². The molecule has 1 saturated carbocycles. The van der Waals surface area contributed by atoms with Crippen molar-refractivity contribution < 1.29 is 14.7 Å². The molecule has 0 spiro atoms. The van der Waals surface area contributed by atoms with Crippen molar-refractivity contribution in [1.29, 1.82) is 0 Å². The molecular formula is C14H22N2O3S. The Kier molecular flexibility index (Phi) is 4.21. The van der Waals surface area contributed by atoms with Gasteiger partial charge in [0.15, 0.2) is 0 Å². The van der Waals surface area contributed by atoms with E-state index in [1.54, 1.807) is 16.7 Å². The molecule has 1 aliphatic carbocycles. The summed E-state index contributed by atoms with van der Waals surface area (Å²) in [6.07, 6.45) is 6.41. The average molecular weight is 298 g/mol. The van der Waals surface area contributed by atoms with Gasteiger partial charge in [0.25, 0.3) is 0 Å². The predicted octanol–water partition coefficient (Wildman–Crippen LogP) is 1.28. The number of nitrogens with zero attached hydrogens (tertiary/aromatic N) is 1. The summed E-state index contributed by atoms with van der Waals surface area (Å²) in [6, 6.07) is -0.817. The second kappa shape index (κ2) is 5.93. The zero-order valence-corrected chi connectivity index (χ0v) is 12.4. The van der Waals surface area contributed by atoms with Crippen molar-refractivity contribution in [3.05, 3.63) is 0 Å². The van der Waals surface area contributed by atoms with E-state index in [4.69, 9.17) is 0 Å². The summed E-state index contributed by atoms with van der Waals surface area (Å²) in [4.78, 5) is 25.9. The molecule has 2 saturated heterocycles. The van der Waals surface area contributed by atoms with Gasteiger partial charge in [0.05, 0.1) is 11.4 Å². The summed E-state index contributed by atoms with van der Waals surface area (Å²) < 4.78 is 0. The molecule has 5 nitrogen and oxygen atoms in total. The van der Waals surface area contributed by atoms with E-state index < -0.39 is 12.0 Å². The van der Waals surface area contributed by atoms with Crippen LogP contribution in [0.1, 0.15) is 38.5 Å². The Morgan fingerprint density at radius 2 is 1.95 bits per heavy atom. The van der Waals surface area contributed by atoms with Gasteiger partial charge in [-0.3, -0.25) is 4.79 Å². The lowest BCUT2D eigenvalue weighted by molar-refractivity contribution is -0.150. The van der Waals surface area contributed by atoms with E-state index in [0.29, 0.717) is 11.7 Å². The molecule has 2 heterocycles. The van der Waals surface area contributed by atoms with Crippen LogP contribution in [0.5, 0.6) is 0 Å². The topological polar surface area (TPSA) is 69.6 Å². The van der Waals surface area contributed by atoms with Crippen LogP contribution in [0.2, 0.25) is 0 Å². The summed E-state index contributed by atoms with van der Waals surface area (Å²) in [7, 11) is 0. The summed E-state index contributed by atoms with van der Waals surface area (Å²) in [5.74, 6) is 0.206. The number of carbonyl (C=O) groups excluding carboxylic acids is 1. The molecule has 1 amide bonds. The molecule has 3 unspecified atom stereocenters. The maximum atomic E-state index is 12.8. The molecule has 6 heteroatoms. The number of hydrogen-bond acceptors (Lipinski definition) is 4. The number of carboxylic acids is 1. The fourth-order valence-corrected chi connectivity index (χ4v) is 4.80. The molecule has 0 aromatic heterocycles. The van der Waals surface area contributed by atoms with Gasteiger partial charge in [0.2, 0.25) is 5.91 Å². The highest BCUT2D eigenvalue weighted by Gasteiger charge is 2.49. The van der Waals surface area contributed by atoms with Crippen molar-refractivity contribution in [3.63, 3.8) is 0 Å². The monoisotopic (exact) mass is 298 g/mol. The van der Waals surface area contributed by atoms with E-state index in [0.717, 1.165) is 45.1 Å². The van der Waals surface area contributed by atoms with E-state index in [1.165, 1.54) is 0 Å². The first kappa shape index (κ1) is 14.2. The maximum Gasteiger partial charge on any atom is 0.327 e. The molecule has 112 valence electrons. The lowest BCUT2D eigenvalue weighted by Crippen LogP contribution is -2.53. The molecule has 3 aliphatic rings. The van der Waals surface area contributed by atoms with Crippen LogP contribution in [-0.4, -0.2) is 51.6 Å². The van der Waals surface area contributed by atoms with Crippen LogP contribution in [0.25, 0.3) is 0 Å². The van der Waals surface area contributed by atoms with Crippen molar-refractivity contribution in [3.8, 4) is 0 Å². The second-order valence-corrected chi connectivity index (χ2v) is 7.17. The molecule has 3 rings (SSSR count). The lowest BCUT2D eigenvalue weighted by Gasteiger charge is -2.31. The molecular weight excluding hydrogens is 276 g/mol. The van der Waals surface area contributed by atoms with Crippen molar-refractivity contribution in [2.45, 2.75) is 56.0 Å². The number of amides is 1. The molecule has 0 radical (unpaired) electrons. The van der Waals surface area contributed by atoms with Crippen LogP contribution >= 0.6 is 11.8 Å². The Morgan fingerprint density at radius 3 is 2.65 bits per heavy atom. The fraction of sp³-hybridized carbons (Fsp3) is 0.857. The number of carbonyl (C=O) groups is 2. The Bertz CT molecular complexity index is 392. The summed E-state index contributed by atoms with van der Waals surface area (Å²) in [6.45, 7) is 0.864. The largest absolute Gasteiger partial charge is 0.480 e. The van der Waals surface area contributed by atoms with Gasteiger partial charge in [-0.15, -0.1) is 11.8 Å². The Labute approximate surface area is 123 Å². The van der Waals surface area contributed by atoms with Gasteiger partial charge in [-0.2, -0.15) is 0 Å². The van der Waals surface area contributed by atoms with Crippen LogP contribution in [0.4, 0.5) is 0 Å². The van der Waals surface area contributed by atoms with Gasteiger partial charge < -0.3 is 15.3 Å². The quantitative estimate of drug-likeness (QED) is 0.821. The normalized spacial score (nSPS) is 34.8. The Balaban J connectivity index is 1.75. The van der Waals surface area contributed by atoms with Gasteiger partial charge in [-0.1, -0.05) is 12.8 Å². The standard InChI is InChI=1S/C14H22N2O3S/c17-12(10-4-2-1-3-7-15-10)16-11(14(18)19)8-20-13(16)9-5-6-9/h9-11,13,15H,1-8H2,(H,18,19). The highest BCUT2D eigenvalue weighted by atomic mass is 32.2. The molecule has 2 aliphatic heterocycles. The van der Waals surface area contributed by atoms with Crippen LogP contribution in [0.3, 0.4) is 0 Å². The van der Waals surface area contributed by atoms with Gasteiger partial charge in [-0.25, -0.2) is 4.79 Å². The van der Waals surface area contributed by atoms with Crippen LogP contribution in [0.15, 0.2) is 0 Å². The number of thioether (sulfide) groups is 1. The van der Waals surface area contributed by atoms with E-state index in [1.807, 2.05) is 0 Å². The van der Waals surface area contributed by atoms with E-state index >= 15 is 0 Å². The molecule has 2 N–H and O–H groups in total. The second-order valence-electron chi connectivity index (χ2n) is 6.02. The third-order valence-corrected chi connectivity index (χ3v) is 5.92. The number of hydrogen-bond donors (Lipinski definition) is 2. The first-order valence-corrected chi connectivity index (χ1v) is 8.63. The SMILES string of the molecule is O=C(O)C1CSC(C2CC2)N1C(=O)C1CCCCCN1. The van der Waals surface area contributed by atoms with Gasteiger partial charge >= 0.3 is 5.97 Å². The fourth-order valence-electron chi connectivity index (χ4n) is 3.16. The smallest absolute Gasteiger partial charge is 0.327 e. The minimum absolute atomic E-state index is 0.0150. The molecule has 20 heavy (non-hydrogen) atoms. The van der Waals surface area contributed by atoms with Gasteiger partial charge in [-0.05, 0) is 38.1 Å². The summed E-state index contributed by atoms with van der Waals surface area (Å²) >= 11 is 1.65. The molecule has 0 aromatic rings. The first-order chi connectivity index (χ1) is 9.68. The lowest BCUT2D eigenvalue weighted by atomic mass is 10.1. The van der Waals surface area contributed by atoms with Crippen molar-refractivity contribution in [2.75, 3.05) is 12.3 Å². The van der Waals surface area contributed by atoms with E-state index in [2.05, 4.69) is 5.32 Å². The minimum Gasteiger partial charge on any atom is -0.480 e. The zero-order chi connectivity index (χ0) is 14.1. The third-order valence-electron chi connectivity index (χ3n) is 4.46. The van der Waals surface area contributed by atoms with Crippen LogP contribution < -0.4 is 5.32 Å². The molecule has 3 atom stereocenters. The average Bonchev–Trinajstić information content (AvgIpc) is 3.21. The maximum absolute atomic E-state index is 12.8. The molecule has 3 fully saturated rings. The Morgan fingerprint density at radius 1 is 1.15 bits per heavy atom. The number of nitrogens with one attached hydrogen (secondary N) is 1. The van der Waals surface area contributed by atoms with Crippen molar-refractivity contribution in [1.82, 2.24) is 10.2 Å². The highest BCUT2D eigenvalue weighted by Crippen LogP contribution is 2.45. The highest BCUT2D eigenvalue weighted by molar-refractivity contribution is 8.00. The minimum atomic E-state index is -0.859. The Hall–Kier alpha value is -0.750. The predicted molar refractivity (Wildman–Crippen MR) is 77.5 cm³/mol. The van der Waals surface area contributed by atoms with Gasteiger partial charge in [0, 0.05) is 5.75 Å². The van der Waals surface area contributed by atoms with Crippen LogP contribution in [-0.2, 0) is 9.59 Å². The van der Waals surface area contributed by atoms with Crippen molar-refractivity contribution >= 4 is 23.6 Å². The summed E-state index contributed by atoms with van der Waals surface area (Å²) in [5, 5.41) is 12.8. The number of rotatable bonds is 3. The summed E-state index contributed by atoms with van der Waals surface area (Å²) in [5.41, 5.74) is 0. The van der Waals surface area contributed by atoms with Gasteiger partial charge in [0.1, 0.15) is 6.04 Å². The van der Waals surface area contributed by atoms with Crippen molar-refractivity contribution in [2.24, 2.45) is 5.92 Å². The first-order valence-electron chi connectivity index (χ1n) is 7.58. The molecule has 0 bridgehead atoms. The number of aliphatic carboxylic acids is 1. The zero-order valence-electron chi connectivity index (χ0n) is 11.6. The van der Waals surface area contributed by atoms with Crippen LogP contribution in [0, 0.1) is 5.92 Å². The molecule has 0 aromatic carbocycles. The van der Waals surface area contributed by atoms with E-state index in [-0.39, 0.29) is 17.3 Å². The third kappa shape index (κ3) is 2.81. The number of carboxylic acid groups (broad SMARTS) is 1.